The van der Waals surface area contributed by atoms with E-state index in [2.05, 4.69) is 10.1 Å². The van der Waals surface area contributed by atoms with Crippen LogP contribution in [0.3, 0.4) is 0 Å². The number of alkyl halides is 3. The summed E-state index contributed by atoms with van der Waals surface area (Å²) in [6.45, 7) is 2.90. The van der Waals surface area contributed by atoms with E-state index in [0.717, 1.165) is 0 Å². The Bertz CT molecular complexity index is 1590. The van der Waals surface area contributed by atoms with Crippen LogP contribution in [0.4, 0.5) is 23.4 Å². The van der Waals surface area contributed by atoms with E-state index < -0.39 is 80.3 Å². The lowest BCUT2D eigenvalue weighted by Gasteiger charge is -2.32. The van der Waals surface area contributed by atoms with Gasteiger partial charge in [-0.15, -0.1) is 0 Å². The zero-order chi connectivity index (χ0) is 31.7. The second-order valence-electron chi connectivity index (χ2n) is 9.99. The molecule has 17 heteroatoms. The summed E-state index contributed by atoms with van der Waals surface area (Å²) >= 11 is 0. The van der Waals surface area contributed by atoms with Crippen molar-refractivity contribution in [3.8, 4) is 5.75 Å². The first-order chi connectivity index (χ1) is 20.2. The molecule has 43 heavy (non-hydrogen) atoms. The fourth-order valence-corrected chi connectivity index (χ4v) is 5.85. The number of aliphatic hydroxyl groups is 1. The van der Waals surface area contributed by atoms with Crippen LogP contribution in [0.5, 0.6) is 5.75 Å². The number of hydrogen-bond donors (Lipinski definition) is 3. The van der Waals surface area contributed by atoms with E-state index in [0.29, 0.717) is 17.0 Å². The second kappa shape index (κ2) is 12.6. The van der Waals surface area contributed by atoms with Crippen molar-refractivity contribution in [2.24, 2.45) is 0 Å². The molecule has 0 spiro atoms. The van der Waals surface area contributed by atoms with Gasteiger partial charge in [0.15, 0.2) is 29.6 Å². The van der Waals surface area contributed by atoms with Crippen molar-refractivity contribution in [1.82, 2.24) is 14.6 Å². The van der Waals surface area contributed by atoms with Gasteiger partial charge in [0.1, 0.15) is 17.9 Å². The minimum Gasteiger partial charge on any atom is -0.462 e. The van der Waals surface area contributed by atoms with Crippen molar-refractivity contribution >= 4 is 30.3 Å². The molecule has 4 rings (SSSR count). The summed E-state index contributed by atoms with van der Waals surface area (Å²) < 4.78 is 93.8. The predicted molar refractivity (Wildman–Crippen MR) is 145 cm³/mol. The highest BCUT2D eigenvalue weighted by Crippen LogP contribution is 2.50. The molecule has 12 nitrogen and oxygen atoms in total. The summed E-state index contributed by atoms with van der Waals surface area (Å²) in [5.74, 6) is -3.03. The number of ether oxygens (including phenoxy) is 2. The molecule has 6 atom stereocenters. The number of benzene rings is 2. The third-order valence-corrected chi connectivity index (χ3v) is 8.09. The maximum atomic E-state index is 15.2. The van der Waals surface area contributed by atoms with Gasteiger partial charge in [-0.2, -0.15) is 10.1 Å². The van der Waals surface area contributed by atoms with Crippen molar-refractivity contribution in [3.05, 3.63) is 65.0 Å². The Morgan fingerprint density at radius 2 is 1.91 bits per heavy atom. The molecule has 0 bridgehead atoms. The average molecular weight is 633 g/mol. The van der Waals surface area contributed by atoms with Gasteiger partial charge in [-0.1, -0.05) is 36.4 Å². The summed E-state index contributed by atoms with van der Waals surface area (Å²) in [7, 11) is -4.85. The molecular weight excluding hydrogens is 603 g/mol. The number of fused-ring (bicyclic) bond motifs is 1. The van der Waals surface area contributed by atoms with Gasteiger partial charge in [0.05, 0.1) is 18.9 Å². The van der Waals surface area contributed by atoms with E-state index in [4.69, 9.17) is 24.3 Å². The first kappa shape index (κ1) is 32.4. The molecule has 0 radical (unpaired) electrons. The SMILES string of the molecule is CC(C)OC(=O)[C@H](C)NP(=O)(OC[C@@]1(C(F)F)O[C@@H](n2cc(F)c(N)nc2=O)[C@@H](F)[C@@H]1O)Oc1cccc2ccccc12. The van der Waals surface area contributed by atoms with Crippen molar-refractivity contribution in [1.29, 1.82) is 0 Å². The smallest absolute Gasteiger partial charge is 0.459 e. The number of carbonyl (C=O) groups is 1. The molecule has 1 aromatic heterocycles. The topological polar surface area (TPSA) is 164 Å². The number of halogens is 4. The van der Waals surface area contributed by atoms with Crippen LogP contribution in [-0.4, -0.2) is 63.7 Å². The van der Waals surface area contributed by atoms with Crippen molar-refractivity contribution in [2.45, 2.75) is 63.4 Å². The molecule has 234 valence electrons. The lowest BCUT2D eigenvalue weighted by atomic mass is 9.97. The molecule has 0 aliphatic carbocycles. The van der Waals surface area contributed by atoms with Gasteiger partial charge in [-0.25, -0.2) is 26.9 Å². The highest BCUT2D eigenvalue weighted by molar-refractivity contribution is 7.52. The van der Waals surface area contributed by atoms with Crippen LogP contribution in [0.2, 0.25) is 0 Å². The van der Waals surface area contributed by atoms with Crippen LogP contribution >= 0.6 is 7.75 Å². The summed E-state index contributed by atoms with van der Waals surface area (Å²) in [5.41, 5.74) is 0.624. The molecule has 1 fully saturated rings. The number of aromatic nitrogens is 2. The number of nitrogen functional groups attached to an aromatic ring is 1. The number of anilines is 1. The second-order valence-corrected chi connectivity index (χ2v) is 11.7. The summed E-state index contributed by atoms with van der Waals surface area (Å²) in [4.78, 5) is 27.9. The molecular formula is C26H29F4N4O8P. The number of hydrogen-bond acceptors (Lipinski definition) is 10. The zero-order valence-corrected chi connectivity index (χ0v) is 23.9. The molecule has 3 aromatic rings. The molecule has 1 aliphatic heterocycles. The van der Waals surface area contributed by atoms with Crippen LogP contribution in [0.15, 0.2) is 53.5 Å². The molecule has 2 heterocycles. The highest BCUT2D eigenvalue weighted by atomic mass is 31.2. The van der Waals surface area contributed by atoms with Crippen molar-refractivity contribution < 1.29 is 50.5 Å². The van der Waals surface area contributed by atoms with Crippen LogP contribution in [0, 0.1) is 5.82 Å². The first-order valence-electron chi connectivity index (χ1n) is 12.9. The molecule has 0 saturated carbocycles. The number of esters is 1. The van der Waals surface area contributed by atoms with Gasteiger partial charge in [-0.05, 0) is 32.2 Å². The minimum atomic E-state index is -4.85. The number of carbonyl (C=O) groups excluding carboxylic acids is 1. The van der Waals surface area contributed by atoms with Crippen LogP contribution in [0.1, 0.15) is 27.0 Å². The predicted octanol–water partition coefficient (Wildman–Crippen LogP) is 3.48. The Morgan fingerprint density at radius 3 is 2.58 bits per heavy atom. The normalized spacial score (nSPS) is 24.3. The van der Waals surface area contributed by atoms with Gasteiger partial charge < -0.3 is 24.8 Å². The molecule has 1 aliphatic rings. The third-order valence-electron chi connectivity index (χ3n) is 6.48. The molecule has 1 unspecified atom stereocenters. The average Bonchev–Trinajstić information content (AvgIpc) is 3.20. The highest BCUT2D eigenvalue weighted by Gasteiger charge is 2.62. The van der Waals surface area contributed by atoms with Crippen molar-refractivity contribution in [3.63, 3.8) is 0 Å². The minimum absolute atomic E-state index is 0.0337. The fourth-order valence-electron chi connectivity index (χ4n) is 4.30. The van der Waals surface area contributed by atoms with E-state index >= 15 is 4.39 Å². The Labute approximate surface area is 242 Å². The standard InChI is InChI=1S/C26H29F4N4O8P/c1-13(2)40-23(36)14(3)33-43(38,42-18-10-6-8-15-7-4-5-9-16(15)18)39-12-26(24(29)30)20(35)19(28)22(41-26)34-11-17(27)21(31)32-25(34)37/h4-11,13-14,19-20,22,24,35H,12H2,1-3H3,(H,33,38)(H2,31,32,37)/t14-,19-,20-,22+,26+,43?/m0/s1. The quantitative estimate of drug-likeness (QED) is 0.161. The van der Waals surface area contributed by atoms with E-state index in [1.165, 1.54) is 13.0 Å². The number of rotatable bonds is 11. The number of nitrogens with two attached hydrogens (primary N) is 1. The van der Waals surface area contributed by atoms with Crippen LogP contribution < -0.4 is 21.0 Å². The fraction of sp³-hybridized carbons (Fsp3) is 0.423. The van der Waals surface area contributed by atoms with Crippen molar-refractivity contribution in [2.75, 3.05) is 12.3 Å². The zero-order valence-electron chi connectivity index (χ0n) is 23.0. The van der Waals surface area contributed by atoms with Gasteiger partial charge >= 0.3 is 19.4 Å². The monoisotopic (exact) mass is 632 g/mol. The maximum absolute atomic E-state index is 15.2. The van der Waals surface area contributed by atoms with Gasteiger partial charge in [-0.3, -0.25) is 13.9 Å². The Morgan fingerprint density at radius 1 is 1.23 bits per heavy atom. The van der Waals surface area contributed by atoms with E-state index in [1.807, 2.05) is 0 Å². The number of nitrogens with one attached hydrogen (secondary N) is 1. The van der Waals surface area contributed by atoms with E-state index in [9.17, 15) is 32.4 Å². The van der Waals surface area contributed by atoms with Gasteiger partial charge in [0, 0.05) is 5.39 Å². The first-order valence-corrected chi connectivity index (χ1v) is 14.4. The number of aliphatic hydroxyl groups excluding tert-OH is 1. The molecule has 1 saturated heterocycles. The Kier molecular flexibility index (Phi) is 9.47. The van der Waals surface area contributed by atoms with Crippen LogP contribution in [-0.2, 0) is 23.4 Å². The molecule has 4 N–H and O–H groups in total. The molecule has 2 aromatic carbocycles. The van der Waals surface area contributed by atoms with Crippen LogP contribution in [0.25, 0.3) is 10.8 Å². The third kappa shape index (κ3) is 6.68. The van der Waals surface area contributed by atoms with E-state index in [-0.39, 0.29) is 10.3 Å². The Hall–Kier alpha value is -3.56. The Balaban J connectivity index is 1.69. The maximum Gasteiger partial charge on any atom is 0.459 e. The summed E-state index contributed by atoms with van der Waals surface area (Å²) in [6, 6.07) is 10.0. The summed E-state index contributed by atoms with van der Waals surface area (Å²) in [6.07, 6.45) is -11.6. The van der Waals surface area contributed by atoms with Gasteiger partial charge in [0.25, 0.3) is 6.43 Å². The molecule has 0 amide bonds. The largest absolute Gasteiger partial charge is 0.462 e. The van der Waals surface area contributed by atoms with Gasteiger partial charge in [0.2, 0.25) is 0 Å². The lowest BCUT2D eigenvalue weighted by molar-refractivity contribution is -0.193. The summed E-state index contributed by atoms with van der Waals surface area (Å²) in [5, 5.41) is 14.0. The van der Waals surface area contributed by atoms with E-state index in [1.54, 1.807) is 50.2 Å². The lowest BCUT2D eigenvalue weighted by Crippen LogP contribution is -2.52. The number of nitrogens with zero attached hydrogens (tertiary/aromatic N) is 2.